The minimum Gasteiger partial charge on any atom is -0.419 e. The summed E-state index contributed by atoms with van der Waals surface area (Å²) in [5.41, 5.74) is 4.48. The molecule has 0 bridgehead atoms. The Bertz CT molecular complexity index is 1770. The van der Waals surface area contributed by atoms with E-state index in [2.05, 4.69) is 20.4 Å². The van der Waals surface area contributed by atoms with E-state index in [1.165, 1.54) is 11.8 Å². The molecule has 6 aromatic rings. The van der Waals surface area contributed by atoms with E-state index in [0.29, 0.717) is 28.1 Å². The van der Waals surface area contributed by atoms with Gasteiger partial charge in [-0.15, -0.1) is 20.4 Å². The van der Waals surface area contributed by atoms with E-state index in [4.69, 9.17) is 4.42 Å². The van der Waals surface area contributed by atoms with Gasteiger partial charge in [-0.25, -0.2) is 4.57 Å². The van der Waals surface area contributed by atoms with Crippen LogP contribution in [0.2, 0.25) is 0 Å². The van der Waals surface area contributed by atoms with E-state index in [0.717, 1.165) is 27.9 Å². The number of fused-ring (bicyclic) bond motifs is 3. The topological polar surface area (TPSA) is 91.1 Å². The molecule has 178 valence electrons. The molecule has 9 heteroatoms. The number of para-hydroxylation sites is 1. The van der Waals surface area contributed by atoms with Gasteiger partial charge < -0.3 is 4.42 Å². The van der Waals surface area contributed by atoms with Crippen molar-refractivity contribution in [2.75, 3.05) is 0 Å². The summed E-state index contributed by atoms with van der Waals surface area (Å²) < 4.78 is 9.50. The lowest BCUT2D eigenvalue weighted by Crippen LogP contribution is -2.21. The highest BCUT2D eigenvalue weighted by molar-refractivity contribution is 7.99. The van der Waals surface area contributed by atoms with Crippen molar-refractivity contribution in [1.82, 2.24) is 29.4 Å². The summed E-state index contributed by atoms with van der Waals surface area (Å²) in [4.78, 5) is 13.5. The van der Waals surface area contributed by atoms with Gasteiger partial charge in [0.05, 0.1) is 21.8 Å². The van der Waals surface area contributed by atoms with Crippen molar-refractivity contribution in [3.63, 3.8) is 0 Å². The van der Waals surface area contributed by atoms with E-state index in [1.54, 1.807) is 4.57 Å². The first-order valence-corrected chi connectivity index (χ1v) is 12.4. The zero-order chi connectivity index (χ0) is 24.8. The zero-order valence-electron chi connectivity index (χ0n) is 19.9. The molecule has 0 radical (unpaired) electrons. The van der Waals surface area contributed by atoms with Crippen molar-refractivity contribution in [1.29, 1.82) is 0 Å². The number of hydrogen-bond acceptors (Lipinski definition) is 7. The Kier molecular flexibility index (Phi) is 5.41. The number of nitrogens with zero attached hydrogens (tertiary/aromatic N) is 6. The van der Waals surface area contributed by atoms with Crippen LogP contribution in [0.4, 0.5) is 0 Å². The van der Waals surface area contributed by atoms with Crippen LogP contribution in [-0.2, 0) is 0 Å². The van der Waals surface area contributed by atoms with Gasteiger partial charge >= 0.3 is 0 Å². The quantitative estimate of drug-likeness (QED) is 0.290. The summed E-state index contributed by atoms with van der Waals surface area (Å²) >= 11 is 1.45. The van der Waals surface area contributed by atoms with Crippen molar-refractivity contribution in [3.8, 4) is 17.1 Å². The molecule has 0 fully saturated rings. The summed E-state index contributed by atoms with van der Waals surface area (Å²) in [7, 11) is 0. The van der Waals surface area contributed by atoms with Crippen LogP contribution in [0.5, 0.6) is 0 Å². The van der Waals surface area contributed by atoms with Crippen molar-refractivity contribution in [2.24, 2.45) is 0 Å². The zero-order valence-corrected chi connectivity index (χ0v) is 20.7. The number of rotatable bonds is 5. The van der Waals surface area contributed by atoms with Crippen molar-refractivity contribution in [2.45, 2.75) is 31.2 Å². The SMILES string of the molecule is Cc1ccc(-c2nnc(C(C)Sc3nnc4n(-c5ccc(C)cc5)c(=O)c5ccccc5n34)o2)cc1. The van der Waals surface area contributed by atoms with Crippen LogP contribution < -0.4 is 5.56 Å². The highest BCUT2D eigenvalue weighted by Crippen LogP contribution is 2.35. The molecule has 1 unspecified atom stereocenters. The van der Waals surface area contributed by atoms with Gasteiger partial charge in [-0.2, -0.15) is 0 Å². The highest BCUT2D eigenvalue weighted by Gasteiger charge is 2.22. The van der Waals surface area contributed by atoms with Gasteiger partial charge in [0.1, 0.15) is 0 Å². The van der Waals surface area contributed by atoms with Crippen molar-refractivity contribution in [3.05, 3.63) is 100 Å². The Morgan fingerprint density at radius 2 is 1.53 bits per heavy atom. The molecular formula is C27H22N6O2S. The van der Waals surface area contributed by atoms with Gasteiger partial charge in [0.25, 0.3) is 5.56 Å². The summed E-state index contributed by atoms with van der Waals surface area (Å²) in [6.45, 7) is 6.03. The molecule has 36 heavy (non-hydrogen) atoms. The van der Waals surface area contributed by atoms with Crippen LogP contribution in [-0.4, -0.2) is 29.4 Å². The third-order valence-electron chi connectivity index (χ3n) is 6.06. The molecular weight excluding hydrogens is 472 g/mol. The molecule has 1 atom stereocenters. The fourth-order valence-corrected chi connectivity index (χ4v) is 4.99. The Labute approximate surface area is 210 Å². The number of aryl methyl sites for hydroxylation is 2. The minimum atomic E-state index is -0.192. The second-order valence-corrected chi connectivity index (χ2v) is 9.99. The monoisotopic (exact) mass is 494 g/mol. The minimum absolute atomic E-state index is 0.140. The van der Waals surface area contributed by atoms with E-state index in [-0.39, 0.29) is 10.8 Å². The summed E-state index contributed by atoms with van der Waals surface area (Å²) in [6, 6.07) is 23.2. The van der Waals surface area contributed by atoms with Gasteiger partial charge in [-0.3, -0.25) is 9.20 Å². The first-order chi connectivity index (χ1) is 17.5. The van der Waals surface area contributed by atoms with Crippen LogP contribution in [0.1, 0.15) is 29.2 Å². The van der Waals surface area contributed by atoms with Gasteiger partial charge in [0.2, 0.25) is 17.6 Å². The molecule has 0 aliphatic heterocycles. The summed E-state index contributed by atoms with van der Waals surface area (Å²) in [5, 5.41) is 18.4. The second kappa shape index (κ2) is 8.76. The maximum Gasteiger partial charge on any atom is 0.267 e. The fourth-order valence-electron chi connectivity index (χ4n) is 4.10. The number of benzene rings is 3. The van der Waals surface area contributed by atoms with Crippen molar-refractivity contribution < 1.29 is 4.42 Å². The lowest BCUT2D eigenvalue weighted by molar-refractivity contribution is 0.509. The highest BCUT2D eigenvalue weighted by atomic mass is 32.2. The van der Waals surface area contributed by atoms with E-state index >= 15 is 0 Å². The molecule has 0 aliphatic carbocycles. The number of hydrogen-bond donors (Lipinski definition) is 0. The van der Waals surface area contributed by atoms with Crippen molar-refractivity contribution >= 4 is 28.4 Å². The average Bonchev–Trinajstić information content (AvgIpc) is 3.54. The van der Waals surface area contributed by atoms with Crippen LogP contribution in [0.3, 0.4) is 0 Å². The predicted molar refractivity (Wildman–Crippen MR) is 140 cm³/mol. The number of thioether (sulfide) groups is 1. The van der Waals surface area contributed by atoms with Gasteiger partial charge in [-0.1, -0.05) is 59.3 Å². The second-order valence-electron chi connectivity index (χ2n) is 8.68. The lowest BCUT2D eigenvalue weighted by Gasteiger charge is -2.12. The molecule has 6 rings (SSSR count). The standard InChI is InChI=1S/C27H22N6O2S/c1-16-8-12-19(13-9-16)24-29-28-23(35-24)18(3)36-27-31-30-26-32(20-14-10-17(2)11-15-20)25(34)21-6-4-5-7-22(21)33(26)27/h4-15,18H,1-3H3. The first kappa shape index (κ1) is 22.2. The average molecular weight is 495 g/mol. The van der Waals surface area contributed by atoms with E-state index < -0.39 is 0 Å². The van der Waals surface area contributed by atoms with Crippen LogP contribution in [0.25, 0.3) is 33.8 Å². The largest absolute Gasteiger partial charge is 0.419 e. The molecule has 0 spiro atoms. The Balaban J connectivity index is 1.44. The third kappa shape index (κ3) is 3.77. The van der Waals surface area contributed by atoms with E-state index in [1.807, 2.05) is 98.0 Å². The van der Waals surface area contributed by atoms with Gasteiger partial charge in [-0.05, 0) is 57.2 Å². The molecule has 3 aromatic heterocycles. The molecule has 0 amide bonds. The molecule has 0 saturated carbocycles. The Morgan fingerprint density at radius 3 is 2.28 bits per heavy atom. The summed E-state index contributed by atoms with van der Waals surface area (Å²) in [6.07, 6.45) is 0. The normalized spacial score (nSPS) is 12.4. The molecule has 3 aromatic carbocycles. The van der Waals surface area contributed by atoms with Crippen LogP contribution in [0, 0.1) is 13.8 Å². The summed E-state index contributed by atoms with van der Waals surface area (Å²) in [5.74, 6) is 1.41. The van der Waals surface area contributed by atoms with Crippen LogP contribution in [0.15, 0.2) is 87.2 Å². The van der Waals surface area contributed by atoms with E-state index in [9.17, 15) is 4.79 Å². The first-order valence-electron chi connectivity index (χ1n) is 11.5. The molecule has 0 saturated heterocycles. The lowest BCUT2D eigenvalue weighted by atomic mass is 10.1. The maximum atomic E-state index is 13.5. The molecule has 0 N–H and O–H groups in total. The number of aromatic nitrogens is 6. The molecule has 0 aliphatic rings. The van der Waals surface area contributed by atoms with Crippen LogP contribution >= 0.6 is 11.8 Å². The molecule has 3 heterocycles. The van der Waals surface area contributed by atoms with Gasteiger partial charge in [0, 0.05) is 5.56 Å². The van der Waals surface area contributed by atoms with Gasteiger partial charge in [0.15, 0.2) is 5.16 Å². The third-order valence-corrected chi connectivity index (χ3v) is 7.09. The Morgan fingerprint density at radius 1 is 0.833 bits per heavy atom. The Hall–Kier alpha value is -4.24. The molecule has 8 nitrogen and oxygen atoms in total. The maximum absolute atomic E-state index is 13.5. The smallest absolute Gasteiger partial charge is 0.267 e. The predicted octanol–water partition coefficient (Wildman–Crippen LogP) is 5.55. The fraction of sp³-hybridized carbons (Fsp3) is 0.148.